The van der Waals surface area contributed by atoms with Crippen LogP contribution in [0.3, 0.4) is 0 Å². The Morgan fingerprint density at radius 2 is 1.74 bits per heavy atom. The number of amides is 1. The molecule has 1 N–H and O–H groups in total. The molecular formula is C25H24N2O6S. The van der Waals surface area contributed by atoms with E-state index in [0.29, 0.717) is 28.5 Å². The maximum Gasteiger partial charge on any atom is 0.337 e. The molecule has 0 bridgehead atoms. The van der Waals surface area contributed by atoms with Gasteiger partial charge in [-0.1, -0.05) is 29.8 Å². The van der Waals surface area contributed by atoms with Gasteiger partial charge >= 0.3 is 11.9 Å². The van der Waals surface area contributed by atoms with Gasteiger partial charge < -0.3 is 19.5 Å². The van der Waals surface area contributed by atoms with Crippen LogP contribution in [0.4, 0.5) is 0 Å². The average Bonchev–Trinajstić information content (AvgIpc) is 2.86. The van der Waals surface area contributed by atoms with Gasteiger partial charge in [-0.25, -0.2) is 4.79 Å². The average molecular weight is 481 g/mol. The van der Waals surface area contributed by atoms with Crippen LogP contribution < -0.4 is 10.1 Å². The van der Waals surface area contributed by atoms with Gasteiger partial charge in [0.25, 0.3) is 0 Å². The van der Waals surface area contributed by atoms with Gasteiger partial charge in [0, 0.05) is 11.7 Å². The first kappa shape index (κ1) is 24.9. The molecule has 0 fully saturated rings. The third-order valence-electron chi connectivity index (χ3n) is 5.29. The molecule has 8 nitrogen and oxygen atoms in total. The van der Waals surface area contributed by atoms with E-state index >= 15 is 0 Å². The van der Waals surface area contributed by atoms with Crippen LogP contribution in [0.2, 0.25) is 0 Å². The summed E-state index contributed by atoms with van der Waals surface area (Å²) in [5, 5.41) is 13.0. The molecule has 0 aromatic heterocycles. The quantitative estimate of drug-likeness (QED) is 0.348. The van der Waals surface area contributed by atoms with Crippen LogP contribution in [0, 0.1) is 24.2 Å². The van der Waals surface area contributed by atoms with E-state index in [2.05, 4.69) is 11.4 Å². The van der Waals surface area contributed by atoms with Crippen LogP contribution in [0.5, 0.6) is 5.75 Å². The van der Waals surface area contributed by atoms with Crippen LogP contribution >= 0.6 is 11.8 Å². The number of nitrogens with zero attached hydrogens (tertiary/aromatic N) is 1. The number of methoxy groups -OCH3 is 2. The zero-order chi connectivity index (χ0) is 24.7. The molecule has 0 unspecified atom stereocenters. The van der Waals surface area contributed by atoms with Crippen molar-refractivity contribution < 1.29 is 28.6 Å². The lowest BCUT2D eigenvalue weighted by Gasteiger charge is -2.31. The van der Waals surface area contributed by atoms with Crippen molar-refractivity contribution in [2.24, 2.45) is 5.92 Å². The molecule has 9 heteroatoms. The molecule has 1 amide bonds. The molecule has 2 aromatic carbocycles. The fraction of sp³-hybridized carbons (Fsp3) is 0.280. The maximum absolute atomic E-state index is 12.9. The number of rotatable bonds is 8. The highest BCUT2D eigenvalue weighted by Gasteiger charge is 2.44. The molecular weight excluding hydrogens is 456 g/mol. The summed E-state index contributed by atoms with van der Waals surface area (Å²) in [6, 6.07) is 16.0. The summed E-state index contributed by atoms with van der Waals surface area (Å²) in [6.07, 6.45) is 0. The zero-order valence-corrected chi connectivity index (χ0v) is 19.8. The van der Waals surface area contributed by atoms with Crippen molar-refractivity contribution in [3.8, 4) is 11.8 Å². The zero-order valence-electron chi connectivity index (χ0n) is 19.0. The predicted molar refractivity (Wildman–Crippen MR) is 126 cm³/mol. The molecule has 2 atom stereocenters. The largest absolute Gasteiger partial charge is 0.493 e. The van der Waals surface area contributed by atoms with Gasteiger partial charge in [-0.2, -0.15) is 5.26 Å². The minimum absolute atomic E-state index is 0.237. The number of esters is 2. The molecule has 3 rings (SSSR count). The molecule has 2 aromatic rings. The van der Waals surface area contributed by atoms with Crippen molar-refractivity contribution in [2.45, 2.75) is 12.8 Å². The van der Waals surface area contributed by atoms with Gasteiger partial charge in [-0.15, -0.1) is 11.8 Å². The Balaban J connectivity index is 1.85. The topological polar surface area (TPSA) is 115 Å². The lowest BCUT2D eigenvalue weighted by molar-refractivity contribution is -0.150. The van der Waals surface area contributed by atoms with Gasteiger partial charge in [0.15, 0.2) is 0 Å². The number of aryl methyl sites for hydroxylation is 1. The van der Waals surface area contributed by atoms with Crippen molar-refractivity contribution in [3.05, 3.63) is 75.8 Å². The number of allylic oxidation sites excluding steroid dienone is 1. The Morgan fingerprint density at radius 3 is 2.32 bits per heavy atom. The molecule has 0 spiro atoms. The van der Waals surface area contributed by atoms with Gasteiger partial charge in [-0.05, 0) is 36.8 Å². The maximum atomic E-state index is 12.9. The number of thioether (sulfide) groups is 1. The second-order valence-electron chi connectivity index (χ2n) is 7.45. The highest BCUT2D eigenvalue weighted by atomic mass is 32.2. The summed E-state index contributed by atoms with van der Waals surface area (Å²) in [7, 11) is 2.47. The lowest BCUT2D eigenvalue weighted by Crippen LogP contribution is -2.44. The highest BCUT2D eigenvalue weighted by molar-refractivity contribution is 8.03. The van der Waals surface area contributed by atoms with E-state index in [1.165, 1.54) is 38.1 Å². The second kappa shape index (κ2) is 11.4. The minimum Gasteiger partial charge on any atom is -0.493 e. The van der Waals surface area contributed by atoms with Crippen molar-refractivity contribution in [3.63, 3.8) is 0 Å². The Kier molecular flexibility index (Phi) is 8.33. The number of nitriles is 1. The molecule has 176 valence electrons. The van der Waals surface area contributed by atoms with E-state index < -0.39 is 29.7 Å². The fourth-order valence-corrected chi connectivity index (χ4v) is 4.43. The number of ether oxygens (including phenoxy) is 3. The summed E-state index contributed by atoms with van der Waals surface area (Å²) < 4.78 is 15.3. The summed E-state index contributed by atoms with van der Waals surface area (Å²) in [4.78, 5) is 37.1. The first-order valence-corrected chi connectivity index (χ1v) is 11.4. The van der Waals surface area contributed by atoms with Gasteiger partial charge in [0.2, 0.25) is 5.91 Å². The standard InChI is InChI=1S/C25H24N2O6S/c1-15-4-10-18(11-5-15)33-12-13-34-23-19(14-26)20(21(22(28)27-23)25(30)32-3)16-6-8-17(9-7-16)24(29)31-2/h4-11,20-21H,12-13H2,1-3H3,(H,27,28)/t20-,21+/m1/s1. The Bertz CT molecular complexity index is 1140. The van der Waals surface area contributed by atoms with E-state index in [4.69, 9.17) is 14.2 Å². The van der Waals surface area contributed by atoms with Crippen molar-refractivity contribution >= 4 is 29.6 Å². The van der Waals surface area contributed by atoms with E-state index in [9.17, 15) is 19.6 Å². The summed E-state index contributed by atoms with van der Waals surface area (Å²) in [6.45, 7) is 2.34. The SMILES string of the molecule is COC(=O)c1ccc([C@@H]2C(C#N)=C(SCCOc3ccc(C)cc3)NC(=O)[C@H]2C(=O)OC)cc1. The monoisotopic (exact) mass is 480 g/mol. The first-order chi connectivity index (χ1) is 16.4. The summed E-state index contributed by atoms with van der Waals surface area (Å²) >= 11 is 1.26. The van der Waals surface area contributed by atoms with Crippen LogP contribution in [0.25, 0.3) is 0 Å². The van der Waals surface area contributed by atoms with E-state index in [1.807, 2.05) is 31.2 Å². The Morgan fingerprint density at radius 1 is 1.06 bits per heavy atom. The lowest BCUT2D eigenvalue weighted by atomic mass is 9.78. The van der Waals surface area contributed by atoms with E-state index in [0.717, 1.165) is 11.3 Å². The predicted octanol–water partition coefficient (Wildman–Crippen LogP) is 3.33. The highest BCUT2D eigenvalue weighted by Crippen LogP contribution is 2.40. The number of nitrogens with one attached hydrogen (secondary N) is 1. The second-order valence-corrected chi connectivity index (χ2v) is 8.55. The van der Waals surface area contributed by atoms with E-state index in [1.54, 1.807) is 12.1 Å². The van der Waals surface area contributed by atoms with Crippen LogP contribution in [-0.4, -0.2) is 44.4 Å². The summed E-state index contributed by atoms with van der Waals surface area (Å²) in [5.41, 5.74) is 2.21. The van der Waals surface area contributed by atoms with Gasteiger partial charge in [0.05, 0.1) is 43.1 Å². The number of hydrogen-bond acceptors (Lipinski definition) is 8. The molecule has 0 saturated carbocycles. The molecule has 34 heavy (non-hydrogen) atoms. The van der Waals surface area contributed by atoms with Crippen LogP contribution in [0.1, 0.15) is 27.4 Å². The smallest absolute Gasteiger partial charge is 0.337 e. The molecule has 0 saturated heterocycles. The summed E-state index contributed by atoms with van der Waals surface area (Å²) in [5.74, 6) is -2.74. The number of hydrogen-bond donors (Lipinski definition) is 1. The van der Waals surface area contributed by atoms with Crippen LogP contribution in [0.15, 0.2) is 59.1 Å². The minimum atomic E-state index is -1.24. The van der Waals surface area contributed by atoms with Crippen molar-refractivity contribution in [1.29, 1.82) is 5.26 Å². The van der Waals surface area contributed by atoms with Crippen LogP contribution in [-0.2, 0) is 19.1 Å². The molecule has 1 aliphatic rings. The molecule has 1 aliphatic heterocycles. The van der Waals surface area contributed by atoms with Gasteiger partial charge in [0.1, 0.15) is 11.7 Å². The molecule has 0 aliphatic carbocycles. The fourth-order valence-electron chi connectivity index (χ4n) is 3.56. The molecule has 0 radical (unpaired) electrons. The third-order valence-corrected chi connectivity index (χ3v) is 6.28. The van der Waals surface area contributed by atoms with E-state index in [-0.39, 0.29) is 5.57 Å². The van der Waals surface area contributed by atoms with Gasteiger partial charge in [-0.3, -0.25) is 9.59 Å². The Labute approximate surface area is 201 Å². The number of carbonyl (C=O) groups excluding carboxylic acids is 3. The Hall–Kier alpha value is -3.77. The first-order valence-electron chi connectivity index (χ1n) is 10.4. The molecule has 1 heterocycles. The third kappa shape index (κ3) is 5.58. The number of benzene rings is 2. The number of carbonyl (C=O) groups is 3. The van der Waals surface area contributed by atoms with Crippen molar-refractivity contribution in [2.75, 3.05) is 26.6 Å². The normalized spacial score (nSPS) is 17.4. The van der Waals surface area contributed by atoms with Crippen molar-refractivity contribution in [1.82, 2.24) is 5.32 Å².